The van der Waals surface area contributed by atoms with Crippen LogP contribution in [0.1, 0.15) is 38.5 Å². The second-order valence-corrected chi connectivity index (χ2v) is 5.84. The van der Waals surface area contributed by atoms with Crippen molar-refractivity contribution in [3.05, 3.63) is 23.7 Å². The number of hydrogen-bond donors (Lipinski definition) is 1. The average molecular weight is 365 g/mol. The van der Waals surface area contributed by atoms with Crippen LogP contribution < -0.4 is 5.32 Å². The number of Topliss-reactive ketones (excluding diaryl/α,β-unsaturated/α-hetero) is 1. The summed E-state index contributed by atoms with van der Waals surface area (Å²) in [5, 5.41) is 2.55. The first-order chi connectivity index (χ1) is 12.3. The Hall–Kier alpha value is -2.84. The van der Waals surface area contributed by atoms with E-state index in [-0.39, 0.29) is 18.9 Å². The topological polar surface area (TPSA) is 136 Å². The van der Waals surface area contributed by atoms with Crippen LogP contribution in [0.5, 0.6) is 0 Å². The molecule has 1 heterocycles. The van der Waals surface area contributed by atoms with E-state index < -0.39 is 29.8 Å². The van der Waals surface area contributed by atoms with E-state index in [1.54, 1.807) is 25.5 Å². The molecule has 0 bridgehead atoms. The molecule has 0 aliphatic rings. The summed E-state index contributed by atoms with van der Waals surface area (Å²) in [6.07, 6.45) is 2.26. The molecule has 0 aliphatic carbocycles. The molecule has 2 atom stereocenters. The molecule has 26 heavy (non-hydrogen) atoms. The lowest BCUT2D eigenvalue weighted by atomic mass is 10.1. The number of ketones is 1. The maximum atomic E-state index is 12.6. The van der Waals surface area contributed by atoms with Crippen LogP contribution in [0.3, 0.4) is 0 Å². The molecule has 0 fully saturated rings. The van der Waals surface area contributed by atoms with Gasteiger partial charge in [-0.1, -0.05) is 0 Å². The summed E-state index contributed by atoms with van der Waals surface area (Å²) in [4.78, 5) is 42.9. The maximum absolute atomic E-state index is 12.6. The Morgan fingerprint density at radius 1 is 1.42 bits per heavy atom. The number of carbonyl (C=O) groups is 3. The molecular formula is C16H23N5O5. The fourth-order valence-corrected chi connectivity index (χ4v) is 2.21. The summed E-state index contributed by atoms with van der Waals surface area (Å²) in [5.74, 6) is -1.72. The molecule has 142 valence electrons. The molecule has 1 amide bonds. The van der Waals surface area contributed by atoms with Crippen molar-refractivity contribution in [2.45, 2.75) is 44.9 Å². The Kier molecular flexibility index (Phi) is 8.33. The third-order valence-corrected chi connectivity index (χ3v) is 3.43. The number of imidazole rings is 1. The van der Waals surface area contributed by atoms with Crippen molar-refractivity contribution in [3.63, 3.8) is 0 Å². The van der Waals surface area contributed by atoms with Gasteiger partial charge in [-0.25, -0.2) is 9.78 Å². The van der Waals surface area contributed by atoms with Gasteiger partial charge < -0.3 is 24.9 Å². The Morgan fingerprint density at radius 2 is 2.12 bits per heavy atom. The standard InChI is InChI=1S/C16H23N5O5/c1-10(2)26-16(24)12(6-5-11(22)7-19-17)20-15(23)14(25-4)13-8-18-9-21(13)3/h7-10,12,14H,5-6H2,1-4H3,(H,20,23)/t12-,14+/m0/s1. The number of ether oxygens (including phenoxy) is 2. The van der Waals surface area contributed by atoms with Crippen LogP contribution in [-0.2, 0) is 30.9 Å². The number of hydrogen-bond acceptors (Lipinski definition) is 6. The molecule has 0 radical (unpaired) electrons. The largest absolute Gasteiger partial charge is 0.461 e. The Morgan fingerprint density at radius 3 is 2.62 bits per heavy atom. The molecule has 1 aromatic heterocycles. The number of esters is 1. The zero-order valence-electron chi connectivity index (χ0n) is 15.2. The molecule has 1 rings (SSSR count). The summed E-state index contributed by atoms with van der Waals surface area (Å²) in [6, 6.07) is -1.05. The van der Waals surface area contributed by atoms with Gasteiger partial charge in [-0.15, -0.1) is 0 Å². The van der Waals surface area contributed by atoms with Crippen molar-refractivity contribution in [2.24, 2.45) is 7.05 Å². The van der Waals surface area contributed by atoms with Gasteiger partial charge in [0.1, 0.15) is 6.04 Å². The van der Waals surface area contributed by atoms with Crippen molar-refractivity contribution < 1.29 is 28.6 Å². The minimum Gasteiger partial charge on any atom is -0.461 e. The molecule has 0 saturated carbocycles. The molecule has 0 spiro atoms. The highest BCUT2D eigenvalue weighted by molar-refractivity contribution is 6.25. The van der Waals surface area contributed by atoms with Gasteiger partial charge in [0.15, 0.2) is 6.10 Å². The monoisotopic (exact) mass is 365 g/mol. The van der Waals surface area contributed by atoms with Gasteiger partial charge >= 0.3 is 12.2 Å². The van der Waals surface area contributed by atoms with Crippen LogP contribution in [0.4, 0.5) is 0 Å². The van der Waals surface area contributed by atoms with E-state index in [1.165, 1.54) is 19.6 Å². The molecule has 0 unspecified atom stereocenters. The zero-order chi connectivity index (χ0) is 19.7. The molecule has 0 aromatic carbocycles. The summed E-state index contributed by atoms with van der Waals surface area (Å²) in [7, 11) is 3.07. The fraction of sp³-hybridized carbons (Fsp3) is 0.562. The molecule has 0 aliphatic heterocycles. The molecule has 10 heteroatoms. The van der Waals surface area contributed by atoms with E-state index in [0.717, 1.165) is 6.21 Å². The number of aromatic nitrogens is 2. The maximum Gasteiger partial charge on any atom is 0.328 e. The normalized spacial score (nSPS) is 12.8. The summed E-state index contributed by atoms with van der Waals surface area (Å²) in [5.41, 5.74) is 8.88. The Bertz CT molecular complexity index is 693. The Balaban J connectivity index is 2.89. The van der Waals surface area contributed by atoms with Gasteiger partial charge in [0.25, 0.3) is 5.91 Å². The van der Waals surface area contributed by atoms with Crippen LogP contribution in [0, 0.1) is 0 Å². The van der Waals surface area contributed by atoms with Gasteiger partial charge in [0.2, 0.25) is 5.78 Å². The predicted octanol–water partition coefficient (Wildman–Crippen LogP) is 0.194. The number of rotatable bonds is 10. The lowest BCUT2D eigenvalue weighted by Crippen LogP contribution is -2.45. The second-order valence-electron chi connectivity index (χ2n) is 5.84. The minimum atomic E-state index is -1.05. The van der Waals surface area contributed by atoms with Crippen LogP contribution in [0.2, 0.25) is 0 Å². The zero-order valence-corrected chi connectivity index (χ0v) is 15.2. The summed E-state index contributed by atoms with van der Waals surface area (Å²) in [6.45, 7) is 3.35. The van der Waals surface area contributed by atoms with Crippen molar-refractivity contribution in [2.75, 3.05) is 7.11 Å². The van der Waals surface area contributed by atoms with Crippen molar-refractivity contribution >= 4 is 23.9 Å². The molecular weight excluding hydrogens is 342 g/mol. The highest BCUT2D eigenvalue weighted by atomic mass is 16.5. The van der Waals surface area contributed by atoms with Crippen molar-refractivity contribution in [3.8, 4) is 0 Å². The van der Waals surface area contributed by atoms with Crippen LogP contribution in [0.15, 0.2) is 12.5 Å². The highest BCUT2D eigenvalue weighted by Gasteiger charge is 2.29. The second kappa shape index (κ2) is 10.2. The third kappa shape index (κ3) is 6.23. The molecule has 0 saturated heterocycles. The van der Waals surface area contributed by atoms with Crippen LogP contribution in [0.25, 0.3) is 5.53 Å². The number of aryl methyl sites for hydroxylation is 1. The molecule has 1 aromatic rings. The van der Waals surface area contributed by atoms with Crippen molar-refractivity contribution in [1.82, 2.24) is 14.9 Å². The number of nitrogens with one attached hydrogen (secondary N) is 1. The van der Waals surface area contributed by atoms with E-state index in [0.29, 0.717) is 5.69 Å². The van der Waals surface area contributed by atoms with E-state index in [1.807, 2.05) is 0 Å². The van der Waals surface area contributed by atoms with Crippen LogP contribution >= 0.6 is 0 Å². The van der Waals surface area contributed by atoms with E-state index in [4.69, 9.17) is 15.0 Å². The van der Waals surface area contributed by atoms with Crippen LogP contribution in [-0.4, -0.2) is 57.5 Å². The molecule has 10 nitrogen and oxygen atoms in total. The lowest BCUT2D eigenvalue weighted by molar-refractivity contribution is -0.153. The first-order valence-electron chi connectivity index (χ1n) is 8.00. The number of methoxy groups -OCH3 is 1. The SMILES string of the molecule is CO[C@@H](C(=O)N[C@@H](CCC(=O)C=[N+]=[N-])C(=O)OC(C)C)c1cncn1C. The van der Waals surface area contributed by atoms with Crippen molar-refractivity contribution in [1.29, 1.82) is 0 Å². The molecule has 1 N–H and O–H groups in total. The lowest BCUT2D eigenvalue weighted by Gasteiger charge is -2.22. The van der Waals surface area contributed by atoms with Gasteiger partial charge in [0, 0.05) is 20.6 Å². The Labute approximate surface area is 151 Å². The summed E-state index contributed by atoms with van der Waals surface area (Å²) < 4.78 is 12.0. The van der Waals surface area contributed by atoms with Gasteiger partial charge in [0.05, 0.1) is 24.3 Å². The average Bonchev–Trinajstić information content (AvgIpc) is 2.97. The fourth-order valence-electron chi connectivity index (χ4n) is 2.21. The van der Waals surface area contributed by atoms with Gasteiger partial charge in [-0.3, -0.25) is 9.59 Å². The number of amides is 1. The minimum absolute atomic E-state index is 0.00995. The van der Waals surface area contributed by atoms with Gasteiger partial charge in [-0.2, -0.15) is 4.79 Å². The van der Waals surface area contributed by atoms with E-state index in [2.05, 4.69) is 15.1 Å². The first-order valence-corrected chi connectivity index (χ1v) is 8.00. The third-order valence-electron chi connectivity index (χ3n) is 3.43. The van der Waals surface area contributed by atoms with E-state index in [9.17, 15) is 14.4 Å². The first kappa shape index (κ1) is 21.2. The van der Waals surface area contributed by atoms with E-state index >= 15 is 0 Å². The predicted molar refractivity (Wildman–Crippen MR) is 90.0 cm³/mol. The number of carbonyl (C=O) groups excluding carboxylic acids is 3. The smallest absolute Gasteiger partial charge is 0.328 e. The highest BCUT2D eigenvalue weighted by Crippen LogP contribution is 2.16. The summed E-state index contributed by atoms with van der Waals surface area (Å²) >= 11 is 0. The number of nitrogens with zero attached hydrogens (tertiary/aromatic N) is 4. The van der Waals surface area contributed by atoms with Gasteiger partial charge in [-0.05, 0) is 20.3 Å². The quantitative estimate of drug-likeness (QED) is 0.272.